The Bertz CT molecular complexity index is 892. The molecule has 2 aromatic carbocycles. The second-order valence-electron chi connectivity index (χ2n) is 5.91. The summed E-state index contributed by atoms with van der Waals surface area (Å²) in [7, 11) is -2.25. The Labute approximate surface area is 147 Å². The molecule has 0 fully saturated rings. The normalized spacial score (nSPS) is 17.5. The first kappa shape index (κ1) is 17.4. The number of hydrogen-bond donors (Lipinski definition) is 1. The van der Waals surface area contributed by atoms with Gasteiger partial charge >= 0.3 is 0 Å². The van der Waals surface area contributed by atoms with E-state index in [1.165, 1.54) is 0 Å². The van der Waals surface area contributed by atoms with Crippen molar-refractivity contribution in [3.63, 3.8) is 0 Å². The second kappa shape index (κ2) is 6.85. The topological polar surface area (TPSA) is 79.2 Å². The maximum atomic E-state index is 12.9. The molecular formula is C18H20N2O4S. The fourth-order valence-electron chi connectivity index (χ4n) is 2.72. The molecule has 0 amide bonds. The van der Waals surface area contributed by atoms with Crippen molar-refractivity contribution in [1.29, 1.82) is 0 Å². The highest BCUT2D eigenvalue weighted by atomic mass is 32.2. The number of rotatable bonds is 5. The van der Waals surface area contributed by atoms with E-state index in [1.54, 1.807) is 37.4 Å². The van der Waals surface area contributed by atoms with Gasteiger partial charge in [-0.05, 0) is 31.2 Å². The zero-order chi connectivity index (χ0) is 18.0. The summed E-state index contributed by atoms with van der Waals surface area (Å²) < 4.78 is 32.0. The summed E-state index contributed by atoms with van der Waals surface area (Å²) in [6, 6.07) is 13.2. The number of hydrogen-bond acceptors (Lipinski definition) is 5. The lowest BCUT2D eigenvalue weighted by Crippen LogP contribution is -2.35. The fraction of sp³-hybridized carbons (Fsp3) is 0.278. The average molecular weight is 360 g/mol. The van der Waals surface area contributed by atoms with Gasteiger partial charge < -0.3 is 9.84 Å². The largest absolute Gasteiger partial charge is 0.497 e. The number of benzene rings is 2. The Morgan fingerprint density at radius 1 is 1.24 bits per heavy atom. The first-order valence-corrected chi connectivity index (χ1v) is 9.33. The van der Waals surface area contributed by atoms with E-state index in [-0.39, 0.29) is 11.5 Å². The minimum absolute atomic E-state index is 0.159. The van der Waals surface area contributed by atoms with Crippen molar-refractivity contribution in [2.24, 2.45) is 5.10 Å². The van der Waals surface area contributed by atoms with E-state index in [2.05, 4.69) is 5.10 Å². The molecule has 1 aliphatic rings. The van der Waals surface area contributed by atoms with Crippen LogP contribution in [0.25, 0.3) is 0 Å². The van der Waals surface area contributed by atoms with Crippen LogP contribution >= 0.6 is 0 Å². The van der Waals surface area contributed by atoms with Crippen LogP contribution in [0.4, 0.5) is 0 Å². The maximum absolute atomic E-state index is 12.9. The van der Waals surface area contributed by atoms with Crippen LogP contribution < -0.4 is 4.74 Å². The molecule has 7 heteroatoms. The lowest BCUT2D eigenvalue weighted by atomic mass is 10.0. The number of nitrogens with zero attached hydrogens (tertiary/aromatic N) is 2. The quantitative estimate of drug-likeness (QED) is 0.886. The minimum atomic E-state index is -3.82. The Morgan fingerprint density at radius 3 is 2.60 bits per heavy atom. The van der Waals surface area contributed by atoms with Crippen LogP contribution in [0, 0.1) is 6.92 Å². The van der Waals surface area contributed by atoms with Crippen molar-refractivity contribution in [1.82, 2.24) is 4.41 Å². The molecule has 25 heavy (non-hydrogen) atoms. The van der Waals surface area contributed by atoms with E-state index in [0.29, 0.717) is 17.9 Å². The minimum Gasteiger partial charge on any atom is -0.497 e. The van der Waals surface area contributed by atoms with E-state index in [4.69, 9.17) is 4.74 Å². The molecule has 0 aliphatic carbocycles. The van der Waals surface area contributed by atoms with Gasteiger partial charge in [-0.1, -0.05) is 29.8 Å². The van der Waals surface area contributed by atoms with Crippen LogP contribution in [-0.4, -0.2) is 43.4 Å². The summed E-state index contributed by atoms with van der Waals surface area (Å²) in [6.07, 6.45) is 0.342. The molecule has 1 N–H and O–H groups in total. The Balaban J connectivity index is 1.99. The number of aryl methyl sites for hydroxylation is 1. The zero-order valence-electron chi connectivity index (χ0n) is 14.1. The predicted molar refractivity (Wildman–Crippen MR) is 95.2 cm³/mol. The highest BCUT2D eigenvalue weighted by Gasteiger charge is 2.36. The van der Waals surface area contributed by atoms with Gasteiger partial charge in [-0.3, -0.25) is 0 Å². The molecule has 1 heterocycles. The van der Waals surface area contributed by atoms with E-state index in [1.807, 2.05) is 25.1 Å². The second-order valence-corrected chi connectivity index (χ2v) is 7.71. The van der Waals surface area contributed by atoms with Crippen molar-refractivity contribution in [3.8, 4) is 5.75 Å². The van der Waals surface area contributed by atoms with Crippen LogP contribution in [-0.2, 0) is 10.0 Å². The van der Waals surface area contributed by atoms with Gasteiger partial charge in [0, 0.05) is 12.0 Å². The van der Waals surface area contributed by atoms with Gasteiger partial charge in [-0.25, -0.2) is 0 Å². The number of aliphatic hydroxyl groups excluding tert-OH is 1. The molecule has 0 aromatic heterocycles. The van der Waals surface area contributed by atoms with Gasteiger partial charge in [0.2, 0.25) is 0 Å². The van der Waals surface area contributed by atoms with E-state index in [9.17, 15) is 13.5 Å². The molecule has 132 valence electrons. The van der Waals surface area contributed by atoms with Crippen LogP contribution in [0.3, 0.4) is 0 Å². The number of sulfonamides is 1. The number of ether oxygens (including phenoxy) is 1. The Morgan fingerprint density at radius 2 is 1.96 bits per heavy atom. The lowest BCUT2D eigenvalue weighted by Gasteiger charge is -2.21. The van der Waals surface area contributed by atoms with Crippen LogP contribution in [0.2, 0.25) is 0 Å². The summed E-state index contributed by atoms with van der Waals surface area (Å²) in [5, 5.41) is 14.0. The monoisotopic (exact) mass is 360 g/mol. The van der Waals surface area contributed by atoms with Gasteiger partial charge in [0.05, 0.1) is 30.4 Å². The third-order valence-electron chi connectivity index (χ3n) is 4.14. The molecule has 1 unspecified atom stereocenters. The van der Waals surface area contributed by atoms with E-state index in [0.717, 1.165) is 15.5 Å². The van der Waals surface area contributed by atoms with Crippen LogP contribution in [0.1, 0.15) is 17.5 Å². The van der Waals surface area contributed by atoms with Crippen molar-refractivity contribution in [2.75, 3.05) is 13.7 Å². The SMILES string of the molecule is COc1cccc(C2=NN(S(=O)(=O)c3ccc(C)cc3)C(CO)C2)c1. The van der Waals surface area contributed by atoms with Gasteiger partial charge in [0.25, 0.3) is 10.0 Å². The van der Waals surface area contributed by atoms with E-state index < -0.39 is 16.1 Å². The van der Waals surface area contributed by atoms with Crippen LogP contribution in [0.15, 0.2) is 58.5 Å². The summed E-state index contributed by atoms with van der Waals surface area (Å²) in [4.78, 5) is 0.159. The number of hydrazone groups is 1. The molecule has 6 nitrogen and oxygen atoms in total. The van der Waals surface area contributed by atoms with Gasteiger partial charge in [0.15, 0.2) is 0 Å². The summed E-state index contributed by atoms with van der Waals surface area (Å²) in [5.41, 5.74) is 2.35. The molecule has 0 saturated heterocycles. The molecule has 0 saturated carbocycles. The standard InChI is InChI=1S/C18H20N2O4S/c1-13-6-8-17(9-7-13)25(22,23)20-15(12-21)11-18(19-20)14-4-3-5-16(10-14)24-2/h3-10,15,21H,11-12H2,1-2H3. The molecule has 1 aliphatic heterocycles. The molecule has 0 bridgehead atoms. The molecule has 0 spiro atoms. The molecule has 3 rings (SSSR count). The highest BCUT2D eigenvalue weighted by Crippen LogP contribution is 2.28. The van der Waals surface area contributed by atoms with Gasteiger partial charge in [-0.15, -0.1) is 0 Å². The average Bonchev–Trinajstić information content (AvgIpc) is 3.07. The molecular weight excluding hydrogens is 340 g/mol. The van der Waals surface area contributed by atoms with Gasteiger partial charge in [0.1, 0.15) is 5.75 Å². The van der Waals surface area contributed by atoms with Crippen molar-refractivity contribution >= 4 is 15.7 Å². The predicted octanol–water partition coefficient (Wildman–Crippen LogP) is 2.16. The molecule has 0 radical (unpaired) electrons. The molecule has 2 aromatic rings. The smallest absolute Gasteiger partial charge is 0.279 e. The van der Waals surface area contributed by atoms with Crippen molar-refractivity contribution in [3.05, 3.63) is 59.7 Å². The first-order chi connectivity index (χ1) is 12.0. The number of methoxy groups -OCH3 is 1. The van der Waals surface area contributed by atoms with E-state index >= 15 is 0 Å². The number of aliphatic hydroxyl groups is 1. The summed E-state index contributed by atoms with van der Waals surface area (Å²) in [6.45, 7) is 1.59. The van der Waals surface area contributed by atoms with Gasteiger partial charge in [-0.2, -0.15) is 17.9 Å². The fourth-order valence-corrected chi connectivity index (χ4v) is 4.16. The highest BCUT2D eigenvalue weighted by molar-refractivity contribution is 7.89. The summed E-state index contributed by atoms with van der Waals surface area (Å²) in [5.74, 6) is 0.667. The first-order valence-electron chi connectivity index (χ1n) is 7.89. The summed E-state index contributed by atoms with van der Waals surface area (Å²) >= 11 is 0. The Hall–Kier alpha value is -2.38. The van der Waals surface area contributed by atoms with Crippen LogP contribution in [0.5, 0.6) is 5.75 Å². The Kier molecular flexibility index (Phi) is 4.78. The maximum Gasteiger partial charge on any atom is 0.279 e. The third kappa shape index (κ3) is 3.38. The van der Waals surface area contributed by atoms with Crippen molar-refractivity contribution < 1.29 is 18.3 Å². The van der Waals surface area contributed by atoms with Crippen molar-refractivity contribution in [2.45, 2.75) is 24.3 Å². The molecule has 1 atom stereocenters. The lowest BCUT2D eigenvalue weighted by molar-refractivity contribution is 0.205. The zero-order valence-corrected chi connectivity index (χ0v) is 14.9. The third-order valence-corrected chi connectivity index (χ3v) is 5.88.